The van der Waals surface area contributed by atoms with Gasteiger partial charge in [-0.05, 0) is 85.3 Å². The lowest BCUT2D eigenvalue weighted by Gasteiger charge is -2.15. The number of hydrogen-bond acceptors (Lipinski definition) is 6. The second-order valence-corrected chi connectivity index (χ2v) is 16.1. The van der Waals surface area contributed by atoms with Crippen LogP contribution in [0.3, 0.4) is 0 Å². The van der Waals surface area contributed by atoms with E-state index in [1.54, 1.807) is 0 Å². The van der Waals surface area contributed by atoms with Crippen molar-refractivity contribution in [2.45, 2.75) is 123 Å². The van der Waals surface area contributed by atoms with Gasteiger partial charge in [-0.1, -0.05) is 103 Å². The number of rotatable bonds is 27. The molecule has 0 amide bonds. The van der Waals surface area contributed by atoms with Crippen LogP contribution in [0.2, 0.25) is 0 Å². The zero-order valence-corrected chi connectivity index (χ0v) is 35.9. The minimum atomic E-state index is 0.611. The van der Waals surface area contributed by atoms with Gasteiger partial charge in [0.15, 0.2) is 6.54 Å². The number of nitrogens with zero attached hydrogens (tertiary/aromatic N) is 5. The van der Waals surface area contributed by atoms with Gasteiger partial charge in [-0.2, -0.15) is 14.8 Å². The first kappa shape index (κ1) is 43.5. The van der Waals surface area contributed by atoms with Gasteiger partial charge >= 0.3 is 0 Å². The van der Waals surface area contributed by atoms with Crippen LogP contribution in [0.15, 0.2) is 101 Å². The molecule has 0 radical (unpaired) electrons. The number of aryl methyl sites for hydroxylation is 1. The van der Waals surface area contributed by atoms with Crippen LogP contribution in [0.4, 0.5) is 22.7 Å². The molecule has 7 nitrogen and oxygen atoms in total. The van der Waals surface area contributed by atoms with Crippen LogP contribution in [0.1, 0.15) is 116 Å². The Hall–Kier alpha value is -4.65. The summed E-state index contributed by atoms with van der Waals surface area (Å²) in [5.41, 5.74) is 6.43. The minimum Gasteiger partial charge on any atom is -0.494 e. The average Bonchev–Trinajstić information content (AvgIpc) is 3.22. The summed E-state index contributed by atoms with van der Waals surface area (Å²) in [4.78, 5) is 4.31. The number of hydrogen-bond donors (Lipinski definition) is 0. The van der Waals surface area contributed by atoms with Gasteiger partial charge in [0, 0.05) is 68.9 Å². The molecule has 7 heteroatoms. The van der Waals surface area contributed by atoms with E-state index in [1.165, 1.54) is 129 Å². The third kappa shape index (κ3) is 14.7. The van der Waals surface area contributed by atoms with Gasteiger partial charge in [0.25, 0.3) is 0 Å². The monoisotopic (exact) mass is 773 g/mol. The van der Waals surface area contributed by atoms with Gasteiger partial charge in [0.1, 0.15) is 11.5 Å². The predicted octanol–water partition coefficient (Wildman–Crippen LogP) is 13.9. The molecule has 0 saturated heterocycles. The van der Waals surface area contributed by atoms with Gasteiger partial charge in [0.2, 0.25) is 11.0 Å². The van der Waals surface area contributed by atoms with E-state index in [1.807, 2.05) is 48.5 Å². The van der Waals surface area contributed by atoms with Crippen molar-refractivity contribution in [2.75, 3.05) is 51.2 Å². The number of anilines is 2. The molecule has 1 aromatic heterocycles. The van der Waals surface area contributed by atoms with Gasteiger partial charge in [-0.15, -0.1) is 0 Å². The van der Waals surface area contributed by atoms with Crippen molar-refractivity contribution >= 4 is 44.6 Å². The first-order valence-corrected chi connectivity index (χ1v) is 22.0. The Balaban J connectivity index is 0.972. The van der Waals surface area contributed by atoms with Crippen LogP contribution in [-0.2, 0) is 6.54 Å². The highest BCUT2D eigenvalue weighted by Crippen LogP contribution is 2.27. The van der Waals surface area contributed by atoms with Crippen LogP contribution in [-0.4, -0.2) is 41.4 Å². The molecule has 57 heavy (non-hydrogen) atoms. The zero-order valence-electron chi connectivity index (χ0n) is 35.9. The minimum absolute atomic E-state index is 0.611. The van der Waals surface area contributed by atoms with Crippen LogP contribution < -0.4 is 23.8 Å². The summed E-state index contributed by atoms with van der Waals surface area (Å²) < 4.78 is 14.6. The molecular formula is C50H70N5O2+. The molecule has 0 aliphatic heterocycles. The number of fused-ring (bicyclic) bond motifs is 2. The number of benzene rings is 4. The summed E-state index contributed by atoms with van der Waals surface area (Å²) in [7, 11) is 8.36. The molecule has 0 N–H and O–H groups in total. The highest BCUT2D eigenvalue weighted by Gasteiger charge is 2.18. The summed E-state index contributed by atoms with van der Waals surface area (Å²) in [6.07, 6.45) is 22.9. The Morgan fingerprint density at radius 3 is 1.23 bits per heavy atom. The summed E-state index contributed by atoms with van der Waals surface area (Å²) in [6, 6.07) is 31.4. The summed E-state index contributed by atoms with van der Waals surface area (Å²) >= 11 is 0. The fourth-order valence-electron chi connectivity index (χ4n) is 7.46. The molecule has 4 aromatic carbocycles. The molecule has 0 unspecified atom stereocenters. The Kier molecular flexibility index (Phi) is 18.5. The van der Waals surface area contributed by atoms with Crippen molar-refractivity contribution in [2.24, 2.45) is 10.2 Å². The number of unbranched alkanes of at least 4 members (excludes halogenated alkanes) is 15. The lowest BCUT2D eigenvalue weighted by atomic mass is 10.0. The molecule has 0 aliphatic carbocycles. The molecular weight excluding hydrogens is 703 g/mol. The van der Waals surface area contributed by atoms with Crippen molar-refractivity contribution in [3.05, 3.63) is 91.0 Å². The molecule has 5 rings (SSSR count). The highest BCUT2D eigenvalue weighted by molar-refractivity contribution is 5.91. The fourth-order valence-corrected chi connectivity index (χ4v) is 7.46. The van der Waals surface area contributed by atoms with Gasteiger partial charge in [-0.3, -0.25) is 0 Å². The van der Waals surface area contributed by atoms with Crippen molar-refractivity contribution in [1.29, 1.82) is 0 Å². The zero-order chi connectivity index (χ0) is 40.1. The molecule has 306 valence electrons. The second-order valence-electron chi connectivity index (χ2n) is 16.1. The van der Waals surface area contributed by atoms with E-state index in [0.717, 1.165) is 48.9 Å². The van der Waals surface area contributed by atoms with Crippen molar-refractivity contribution in [1.82, 2.24) is 0 Å². The number of azo groups is 1. The standard InChI is InChI=1S/C50H70N5O2/c1-6-7-8-9-10-11-12-13-14-15-16-17-18-19-20-21-36-56-47-31-25-43(26-32-47)51-52-44-27-33-48(34-28-44)57-37-22-35-55-49-39-45(53(2)3)29-23-41(49)38-42-24-30-46(54(4)5)40-50(42)55/h23-34,38-40H,6-22,35-37H2,1-5H3/q+1. The fraction of sp³-hybridized carbons (Fsp3) is 0.500. The van der Waals surface area contributed by atoms with E-state index in [-0.39, 0.29) is 0 Å². The maximum absolute atomic E-state index is 6.19. The smallest absolute Gasteiger partial charge is 0.215 e. The number of aromatic nitrogens is 1. The van der Waals surface area contributed by atoms with E-state index in [2.05, 4.69) is 102 Å². The van der Waals surface area contributed by atoms with Gasteiger partial charge in [0.05, 0.1) is 24.6 Å². The largest absolute Gasteiger partial charge is 0.494 e. The van der Waals surface area contributed by atoms with Gasteiger partial charge in [-0.25, -0.2) is 0 Å². The third-order valence-corrected chi connectivity index (χ3v) is 11.0. The molecule has 0 aliphatic rings. The van der Waals surface area contributed by atoms with E-state index in [9.17, 15) is 0 Å². The van der Waals surface area contributed by atoms with Gasteiger partial charge < -0.3 is 19.3 Å². The lowest BCUT2D eigenvalue weighted by Crippen LogP contribution is -2.36. The second kappa shape index (κ2) is 24.2. The first-order valence-electron chi connectivity index (χ1n) is 22.0. The lowest BCUT2D eigenvalue weighted by molar-refractivity contribution is -0.645. The van der Waals surface area contributed by atoms with Crippen LogP contribution >= 0.6 is 0 Å². The molecule has 1 heterocycles. The van der Waals surface area contributed by atoms with E-state index >= 15 is 0 Å². The topological polar surface area (TPSA) is 53.5 Å². The van der Waals surface area contributed by atoms with Crippen molar-refractivity contribution < 1.29 is 14.0 Å². The van der Waals surface area contributed by atoms with Crippen LogP contribution in [0, 0.1) is 0 Å². The van der Waals surface area contributed by atoms with E-state index in [4.69, 9.17) is 9.47 Å². The van der Waals surface area contributed by atoms with Crippen LogP contribution in [0.5, 0.6) is 11.5 Å². The Bertz CT molecular complexity index is 1850. The maximum Gasteiger partial charge on any atom is 0.215 e. The molecule has 0 fully saturated rings. The summed E-state index contributed by atoms with van der Waals surface area (Å²) in [5, 5.41) is 11.4. The predicted molar refractivity (Wildman–Crippen MR) is 243 cm³/mol. The first-order chi connectivity index (χ1) is 27.9. The van der Waals surface area contributed by atoms with E-state index in [0.29, 0.717) is 6.61 Å². The van der Waals surface area contributed by atoms with Crippen LogP contribution in [0.25, 0.3) is 21.8 Å². The SMILES string of the molecule is CCCCCCCCCCCCCCCCCCOc1ccc(N=Nc2ccc(OCCC[n+]3c4cc(N(C)C)ccc4cc4ccc(N(C)C)cc43)cc2)cc1. The summed E-state index contributed by atoms with van der Waals surface area (Å²) in [6.45, 7) is 4.51. The normalized spacial score (nSPS) is 11.5. The maximum atomic E-state index is 6.19. The Labute approximate surface area is 344 Å². The molecule has 5 aromatic rings. The van der Waals surface area contributed by atoms with Crippen molar-refractivity contribution in [3.63, 3.8) is 0 Å². The number of pyridine rings is 1. The Morgan fingerprint density at radius 2 is 0.825 bits per heavy atom. The molecule has 0 saturated carbocycles. The average molecular weight is 773 g/mol. The third-order valence-electron chi connectivity index (χ3n) is 11.0. The molecule has 0 atom stereocenters. The molecule has 0 spiro atoms. The quantitative estimate of drug-likeness (QED) is 0.0231. The Morgan fingerprint density at radius 1 is 0.439 bits per heavy atom. The molecule has 0 bridgehead atoms. The van der Waals surface area contributed by atoms with Crippen molar-refractivity contribution in [3.8, 4) is 11.5 Å². The number of ether oxygens (including phenoxy) is 2. The summed E-state index contributed by atoms with van der Waals surface area (Å²) in [5.74, 6) is 1.72. The van der Waals surface area contributed by atoms with E-state index < -0.39 is 0 Å². The highest BCUT2D eigenvalue weighted by atomic mass is 16.5.